The molecule has 2 rings (SSSR count). The summed E-state index contributed by atoms with van der Waals surface area (Å²) >= 11 is 3.51. The van der Waals surface area contributed by atoms with Crippen molar-refractivity contribution in [3.05, 3.63) is 38.1 Å². The number of nitrogen functional groups attached to an aromatic ring is 1. The normalized spacial score (nSPS) is 12.4. The minimum absolute atomic E-state index is 0.0618. The first-order chi connectivity index (χ1) is 8.61. The predicted octanol–water partition coefficient (Wildman–Crippen LogP) is 4.03. The molecular formula is C12H13FIN3S. The van der Waals surface area contributed by atoms with E-state index in [0.29, 0.717) is 14.9 Å². The standard InChI is InChI=1S/C12H13FIN3S/c1-2-10(12-16-3-4-18-12)17-11-5-7(13)8(14)6-9(11)15/h3-6,10,17H,2,15H2,1H3. The van der Waals surface area contributed by atoms with Gasteiger partial charge in [-0.15, -0.1) is 11.3 Å². The molecule has 1 unspecified atom stereocenters. The number of rotatable bonds is 4. The van der Waals surface area contributed by atoms with Gasteiger partial charge in [0.1, 0.15) is 10.8 Å². The molecule has 2 aromatic rings. The minimum atomic E-state index is -0.263. The Hall–Kier alpha value is -0.890. The number of halogens is 2. The molecule has 1 aromatic carbocycles. The van der Waals surface area contributed by atoms with Crippen molar-refractivity contribution in [2.75, 3.05) is 11.1 Å². The molecule has 0 amide bonds. The molecule has 18 heavy (non-hydrogen) atoms. The summed E-state index contributed by atoms with van der Waals surface area (Å²) in [6.45, 7) is 2.05. The second-order valence-corrected chi connectivity index (χ2v) is 5.92. The number of hydrogen-bond acceptors (Lipinski definition) is 4. The van der Waals surface area contributed by atoms with Crippen molar-refractivity contribution in [1.82, 2.24) is 4.98 Å². The maximum absolute atomic E-state index is 13.5. The van der Waals surface area contributed by atoms with E-state index in [9.17, 15) is 4.39 Å². The molecule has 0 fully saturated rings. The number of nitrogens with zero attached hydrogens (tertiary/aromatic N) is 1. The summed E-state index contributed by atoms with van der Waals surface area (Å²) in [5.74, 6) is -0.263. The molecule has 0 aliphatic rings. The van der Waals surface area contributed by atoms with Gasteiger partial charge in [-0.05, 0) is 35.1 Å². The molecule has 0 bridgehead atoms. The highest BCUT2D eigenvalue weighted by Gasteiger charge is 2.14. The molecular weight excluding hydrogens is 364 g/mol. The maximum atomic E-state index is 13.5. The van der Waals surface area contributed by atoms with Gasteiger partial charge in [-0.2, -0.15) is 0 Å². The average Bonchev–Trinajstić information content (AvgIpc) is 2.85. The van der Waals surface area contributed by atoms with Crippen LogP contribution in [0.25, 0.3) is 0 Å². The van der Waals surface area contributed by atoms with E-state index in [0.717, 1.165) is 11.4 Å². The fourth-order valence-corrected chi connectivity index (χ4v) is 2.88. The smallest absolute Gasteiger partial charge is 0.138 e. The highest BCUT2D eigenvalue weighted by atomic mass is 127. The lowest BCUT2D eigenvalue weighted by atomic mass is 10.2. The Morgan fingerprint density at radius 2 is 2.33 bits per heavy atom. The number of benzene rings is 1. The lowest BCUT2D eigenvalue weighted by molar-refractivity contribution is 0.620. The van der Waals surface area contributed by atoms with Crippen LogP contribution in [0.4, 0.5) is 15.8 Å². The first kappa shape index (κ1) is 13.5. The van der Waals surface area contributed by atoms with Gasteiger partial charge in [0.15, 0.2) is 0 Å². The second kappa shape index (κ2) is 5.83. The predicted molar refractivity (Wildman–Crippen MR) is 82.3 cm³/mol. The van der Waals surface area contributed by atoms with Gasteiger partial charge in [-0.25, -0.2) is 9.37 Å². The molecule has 1 aromatic heterocycles. The largest absolute Gasteiger partial charge is 0.397 e. The lowest BCUT2D eigenvalue weighted by Gasteiger charge is -2.17. The van der Waals surface area contributed by atoms with Crippen molar-refractivity contribution in [1.29, 1.82) is 0 Å². The van der Waals surface area contributed by atoms with Crippen LogP contribution in [0.15, 0.2) is 23.7 Å². The Kier molecular flexibility index (Phi) is 4.39. The monoisotopic (exact) mass is 377 g/mol. The van der Waals surface area contributed by atoms with E-state index >= 15 is 0 Å². The van der Waals surface area contributed by atoms with Gasteiger partial charge >= 0.3 is 0 Å². The van der Waals surface area contributed by atoms with Gasteiger partial charge in [0.25, 0.3) is 0 Å². The van der Waals surface area contributed by atoms with Gasteiger partial charge in [0.2, 0.25) is 0 Å². The Labute approximate surface area is 123 Å². The molecule has 3 nitrogen and oxygen atoms in total. The van der Waals surface area contributed by atoms with Crippen LogP contribution in [0, 0.1) is 9.39 Å². The number of aromatic nitrogens is 1. The van der Waals surface area contributed by atoms with E-state index in [1.54, 1.807) is 23.6 Å². The van der Waals surface area contributed by atoms with E-state index < -0.39 is 0 Å². The van der Waals surface area contributed by atoms with Crippen LogP contribution in [0.3, 0.4) is 0 Å². The molecule has 1 atom stereocenters. The Morgan fingerprint density at radius 3 is 2.94 bits per heavy atom. The Morgan fingerprint density at radius 1 is 1.56 bits per heavy atom. The summed E-state index contributed by atoms with van der Waals surface area (Å²) in [6.07, 6.45) is 2.63. The van der Waals surface area contributed by atoms with Crippen molar-refractivity contribution in [3.8, 4) is 0 Å². The van der Waals surface area contributed by atoms with Crippen LogP contribution >= 0.6 is 33.9 Å². The van der Waals surface area contributed by atoms with Crippen molar-refractivity contribution >= 4 is 45.3 Å². The van der Waals surface area contributed by atoms with Crippen molar-refractivity contribution in [2.24, 2.45) is 0 Å². The molecule has 0 saturated carbocycles. The number of thiazole rings is 1. The van der Waals surface area contributed by atoms with Gasteiger partial charge in [-0.3, -0.25) is 0 Å². The Balaban J connectivity index is 2.25. The van der Waals surface area contributed by atoms with E-state index in [4.69, 9.17) is 5.73 Å². The first-order valence-corrected chi connectivity index (χ1v) is 7.48. The quantitative estimate of drug-likeness (QED) is 0.625. The molecule has 0 aliphatic carbocycles. The van der Waals surface area contributed by atoms with Crippen LogP contribution in [-0.4, -0.2) is 4.98 Å². The molecule has 0 aliphatic heterocycles. The topological polar surface area (TPSA) is 50.9 Å². The van der Waals surface area contributed by atoms with Crippen LogP contribution in [0.2, 0.25) is 0 Å². The van der Waals surface area contributed by atoms with Gasteiger partial charge in [0.05, 0.1) is 21.0 Å². The summed E-state index contributed by atoms with van der Waals surface area (Å²) in [5, 5.41) is 6.16. The fraction of sp³-hybridized carbons (Fsp3) is 0.250. The molecule has 6 heteroatoms. The average molecular weight is 377 g/mol. The molecule has 0 radical (unpaired) electrons. The number of hydrogen-bond donors (Lipinski definition) is 2. The minimum Gasteiger partial charge on any atom is -0.397 e. The summed E-state index contributed by atoms with van der Waals surface area (Å²) in [4.78, 5) is 4.27. The number of anilines is 2. The highest BCUT2D eigenvalue weighted by molar-refractivity contribution is 14.1. The van der Waals surface area contributed by atoms with Gasteiger partial charge in [-0.1, -0.05) is 6.92 Å². The third-order valence-electron chi connectivity index (χ3n) is 2.58. The van der Waals surface area contributed by atoms with E-state index in [1.807, 2.05) is 28.0 Å². The zero-order chi connectivity index (χ0) is 13.1. The van der Waals surface area contributed by atoms with Gasteiger partial charge in [0, 0.05) is 17.6 Å². The zero-order valence-corrected chi connectivity index (χ0v) is 12.8. The lowest BCUT2D eigenvalue weighted by Crippen LogP contribution is -2.11. The van der Waals surface area contributed by atoms with Crippen molar-refractivity contribution in [2.45, 2.75) is 19.4 Å². The van der Waals surface area contributed by atoms with Crippen molar-refractivity contribution in [3.63, 3.8) is 0 Å². The number of nitrogens with two attached hydrogens (primary N) is 1. The summed E-state index contributed by atoms with van der Waals surface area (Å²) in [7, 11) is 0. The molecule has 96 valence electrons. The summed E-state index contributed by atoms with van der Waals surface area (Å²) in [6, 6.07) is 3.13. The second-order valence-electron chi connectivity index (χ2n) is 3.83. The van der Waals surface area contributed by atoms with Crippen LogP contribution < -0.4 is 11.1 Å². The number of nitrogens with one attached hydrogen (secondary N) is 1. The summed E-state index contributed by atoms with van der Waals surface area (Å²) < 4.78 is 14.1. The third kappa shape index (κ3) is 2.92. The van der Waals surface area contributed by atoms with Crippen LogP contribution in [-0.2, 0) is 0 Å². The van der Waals surface area contributed by atoms with E-state index in [2.05, 4.69) is 17.2 Å². The fourth-order valence-electron chi connectivity index (χ4n) is 1.62. The maximum Gasteiger partial charge on any atom is 0.138 e. The van der Waals surface area contributed by atoms with Crippen LogP contribution in [0.1, 0.15) is 24.4 Å². The summed E-state index contributed by atoms with van der Waals surface area (Å²) in [5.41, 5.74) is 7.07. The Bertz CT molecular complexity index is 530. The first-order valence-electron chi connectivity index (χ1n) is 5.52. The zero-order valence-electron chi connectivity index (χ0n) is 9.78. The van der Waals surface area contributed by atoms with Crippen LogP contribution in [0.5, 0.6) is 0 Å². The molecule has 0 spiro atoms. The molecule has 3 N–H and O–H groups in total. The van der Waals surface area contributed by atoms with Crippen molar-refractivity contribution < 1.29 is 4.39 Å². The van der Waals surface area contributed by atoms with E-state index in [1.165, 1.54) is 6.07 Å². The van der Waals surface area contributed by atoms with E-state index in [-0.39, 0.29) is 11.9 Å². The molecule has 1 heterocycles. The van der Waals surface area contributed by atoms with Gasteiger partial charge < -0.3 is 11.1 Å². The highest BCUT2D eigenvalue weighted by Crippen LogP contribution is 2.29. The SMILES string of the molecule is CCC(Nc1cc(F)c(I)cc1N)c1nccs1. The molecule has 0 saturated heterocycles. The third-order valence-corrected chi connectivity index (χ3v) is 4.30.